The number of alkyl halides is 3. The van der Waals surface area contributed by atoms with Gasteiger partial charge < -0.3 is 14.6 Å². The second-order valence-corrected chi connectivity index (χ2v) is 6.79. The van der Waals surface area contributed by atoms with Crippen LogP contribution in [0.15, 0.2) is 41.3 Å². The zero-order valence-electron chi connectivity index (χ0n) is 12.6. The lowest BCUT2D eigenvalue weighted by atomic mass is 10.3. The van der Waals surface area contributed by atoms with Gasteiger partial charge in [-0.25, -0.2) is 0 Å². The van der Waals surface area contributed by atoms with Gasteiger partial charge in [-0.15, -0.1) is 24.9 Å². The summed E-state index contributed by atoms with van der Waals surface area (Å²) in [7, 11) is 0. The molecule has 0 bridgehead atoms. The van der Waals surface area contributed by atoms with Gasteiger partial charge in [0.2, 0.25) is 0 Å². The second-order valence-electron chi connectivity index (χ2n) is 4.81. The molecule has 0 saturated heterocycles. The van der Waals surface area contributed by atoms with Crippen LogP contribution >= 0.6 is 35.0 Å². The van der Waals surface area contributed by atoms with Crippen molar-refractivity contribution in [3.05, 3.63) is 46.4 Å². The van der Waals surface area contributed by atoms with Gasteiger partial charge in [0, 0.05) is 22.8 Å². The van der Waals surface area contributed by atoms with Crippen LogP contribution in [0.25, 0.3) is 0 Å². The Bertz CT molecular complexity index is 686. The van der Waals surface area contributed by atoms with Gasteiger partial charge in [0.05, 0.1) is 16.7 Å². The smallest absolute Gasteiger partial charge is 0.508 e. The Hall–Kier alpha value is -1.44. The van der Waals surface area contributed by atoms with E-state index in [0.29, 0.717) is 24.5 Å². The fourth-order valence-corrected chi connectivity index (χ4v) is 3.26. The molecular weight excluding hydrogens is 400 g/mol. The Kier molecular flexibility index (Phi) is 6.98. The van der Waals surface area contributed by atoms with Crippen LogP contribution in [0.3, 0.4) is 0 Å². The lowest BCUT2D eigenvalue weighted by Gasteiger charge is -2.11. The molecule has 0 heterocycles. The summed E-state index contributed by atoms with van der Waals surface area (Å²) in [6.07, 6.45) is -4.03. The highest BCUT2D eigenvalue weighted by molar-refractivity contribution is 7.99. The second kappa shape index (κ2) is 8.78. The van der Waals surface area contributed by atoms with Gasteiger partial charge in [-0.1, -0.05) is 23.2 Å². The van der Waals surface area contributed by atoms with Crippen molar-refractivity contribution in [1.29, 1.82) is 0 Å². The predicted molar refractivity (Wildman–Crippen MR) is 92.1 cm³/mol. The molecule has 2 aromatic carbocycles. The Labute approximate surface area is 156 Å². The van der Waals surface area contributed by atoms with Gasteiger partial charge in [0.25, 0.3) is 0 Å². The van der Waals surface area contributed by atoms with Crippen molar-refractivity contribution in [2.75, 3.05) is 12.4 Å². The van der Waals surface area contributed by atoms with Crippen molar-refractivity contribution >= 4 is 35.0 Å². The molecule has 0 aliphatic heterocycles. The summed E-state index contributed by atoms with van der Waals surface area (Å²) in [6, 6.07) is 8.31. The van der Waals surface area contributed by atoms with Gasteiger partial charge in [-0.3, -0.25) is 0 Å². The van der Waals surface area contributed by atoms with Crippen LogP contribution in [0.2, 0.25) is 10.0 Å². The third-order valence-corrected chi connectivity index (χ3v) is 4.50. The number of halogens is 5. The fourth-order valence-electron chi connectivity index (χ4n) is 1.85. The number of rotatable bonds is 7. The van der Waals surface area contributed by atoms with Crippen molar-refractivity contribution < 1.29 is 27.8 Å². The zero-order chi connectivity index (χ0) is 18.4. The average molecular weight is 413 g/mol. The summed E-state index contributed by atoms with van der Waals surface area (Å²) in [4.78, 5) is 0.815. The number of hydrogen-bond acceptors (Lipinski definition) is 4. The maximum atomic E-state index is 12.1. The van der Waals surface area contributed by atoms with Gasteiger partial charge in [-0.05, 0) is 30.7 Å². The molecular formula is C16H13Cl2F3O3S. The molecule has 0 unspecified atom stereocenters. The van der Waals surface area contributed by atoms with E-state index in [1.165, 1.54) is 36.0 Å². The lowest BCUT2D eigenvalue weighted by Crippen LogP contribution is -2.16. The van der Waals surface area contributed by atoms with Crippen molar-refractivity contribution in [3.63, 3.8) is 0 Å². The Morgan fingerprint density at radius 2 is 1.64 bits per heavy atom. The van der Waals surface area contributed by atoms with E-state index in [9.17, 15) is 18.3 Å². The quantitative estimate of drug-likeness (QED) is 0.436. The number of benzene rings is 2. The molecule has 0 atom stereocenters. The molecule has 0 amide bonds. The molecule has 136 valence electrons. The highest BCUT2D eigenvalue weighted by atomic mass is 35.5. The number of phenolic OH excluding ortho intramolecular Hbond substituents is 1. The SMILES string of the molecule is Oc1cc(Cl)c(OCCCSc2ccc(OC(F)(F)F)cc2)c(Cl)c1. The molecule has 0 fully saturated rings. The van der Waals surface area contributed by atoms with E-state index in [2.05, 4.69) is 4.74 Å². The van der Waals surface area contributed by atoms with Crippen molar-refractivity contribution in [2.24, 2.45) is 0 Å². The van der Waals surface area contributed by atoms with Crippen molar-refractivity contribution in [2.45, 2.75) is 17.7 Å². The number of hydrogen-bond donors (Lipinski definition) is 1. The molecule has 1 N–H and O–H groups in total. The minimum Gasteiger partial charge on any atom is -0.508 e. The highest BCUT2D eigenvalue weighted by Gasteiger charge is 2.30. The zero-order valence-corrected chi connectivity index (χ0v) is 15.0. The van der Waals surface area contributed by atoms with Crippen molar-refractivity contribution in [1.82, 2.24) is 0 Å². The first-order valence-corrected chi connectivity index (χ1v) is 8.78. The molecule has 0 spiro atoms. The summed E-state index contributed by atoms with van der Waals surface area (Å²) in [6.45, 7) is 0.354. The molecule has 2 aromatic rings. The summed E-state index contributed by atoms with van der Waals surface area (Å²) in [5.41, 5.74) is 0. The number of ether oxygens (including phenoxy) is 2. The molecule has 25 heavy (non-hydrogen) atoms. The number of phenols is 1. The molecule has 2 rings (SSSR count). The topological polar surface area (TPSA) is 38.7 Å². The third-order valence-electron chi connectivity index (χ3n) is 2.84. The monoisotopic (exact) mass is 412 g/mol. The molecule has 0 aliphatic rings. The van der Waals surface area contributed by atoms with E-state index in [4.69, 9.17) is 27.9 Å². The van der Waals surface area contributed by atoms with Crippen molar-refractivity contribution in [3.8, 4) is 17.2 Å². The molecule has 0 radical (unpaired) electrons. The normalized spacial score (nSPS) is 11.4. The van der Waals surface area contributed by atoms with E-state index in [0.717, 1.165) is 4.90 Å². The first-order valence-electron chi connectivity index (χ1n) is 7.04. The lowest BCUT2D eigenvalue weighted by molar-refractivity contribution is -0.274. The number of aromatic hydroxyl groups is 1. The van der Waals surface area contributed by atoms with Gasteiger partial charge >= 0.3 is 6.36 Å². The Morgan fingerprint density at radius 1 is 1.04 bits per heavy atom. The van der Waals surface area contributed by atoms with Crippen LogP contribution in [-0.4, -0.2) is 23.8 Å². The largest absolute Gasteiger partial charge is 0.573 e. The Balaban J connectivity index is 1.75. The standard InChI is InChI=1S/C16H13Cl2F3O3S/c17-13-8-10(22)9-14(18)15(13)23-6-1-7-25-12-4-2-11(3-5-12)24-16(19,20)21/h2-5,8-9,22H,1,6-7H2. The van der Waals surface area contributed by atoms with Gasteiger partial charge in [0.1, 0.15) is 11.5 Å². The molecule has 0 aliphatic carbocycles. The first kappa shape index (κ1) is 19.9. The van der Waals surface area contributed by atoms with Crippen LogP contribution in [0.5, 0.6) is 17.2 Å². The van der Waals surface area contributed by atoms with Gasteiger partial charge in [-0.2, -0.15) is 0 Å². The minimum atomic E-state index is -4.69. The molecule has 0 aromatic heterocycles. The maximum absolute atomic E-state index is 12.1. The average Bonchev–Trinajstić information content (AvgIpc) is 2.49. The van der Waals surface area contributed by atoms with E-state index < -0.39 is 6.36 Å². The Morgan fingerprint density at radius 3 is 2.20 bits per heavy atom. The van der Waals surface area contributed by atoms with Gasteiger partial charge in [0.15, 0.2) is 5.75 Å². The van der Waals surface area contributed by atoms with Crippen LogP contribution in [-0.2, 0) is 0 Å². The maximum Gasteiger partial charge on any atom is 0.573 e. The van der Waals surface area contributed by atoms with E-state index in [1.807, 2.05) is 0 Å². The summed E-state index contributed by atoms with van der Waals surface area (Å²) >= 11 is 13.3. The van der Waals surface area contributed by atoms with E-state index in [1.54, 1.807) is 12.1 Å². The summed E-state index contributed by atoms with van der Waals surface area (Å²) in [5, 5.41) is 9.78. The van der Waals surface area contributed by atoms with Crippen LogP contribution in [0.4, 0.5) is 13.2 Å². The highest BCUT2D eigenvalue weighted by Crippen LogP contribution is 2.36. The predicted octanol–water partition coefficient (Wildman–Crippen LogP) is 6.16. The third kappa shape index (κ3) is 6.76. The molecule has 3 nitrogen and oxygen atoms in total. The number of thioether (sulfide) groups is 1. The van der Waals surface area contributed by atoms with Crippen LogP contribution in [0.1, 0.15) is 6.42 Å². The van der Waals surface area contributed by atoms with E-state index >= 15 is 0 Å². The van der Waals surface area contributed by atoms with Crippen LogP contribution in [0, 0.1) is 0 Å². The minimum absolute atomic E-state index is 0.0455. The molecule has 9 heteroatoms. The molecule has 0 saturated carbocycles. The van der Waals surface area contributed by atoms with Crippen LogP contribution < -0.4 is 9.47 Å². The van der Waals surface area contributed by atoms with E-state index in [-0.39, 0.29) is 21.5 Å². The summed E-state index contributed by atoms with van der Waals surface area (Å²) < 4.78 is 45.5. The summed E-state index contributed by atoms with van der Waals surface area (Å²) in [5.74, 6) is 0.694. The first-order chi connectivity index (χ1) is 11.7. The fraction of sp³-hybridized carbons (Fsp3) is 0.250.